The molecule has 0 aliphatic heterocycles. The molecule has 0 aromatic rings. The predicted octanol–water partition coefficient (Wildman–Crippen LogP) is 1.90. The van der Waals surface area contributed by atoms with Crippen LogP contribution in [0.2, 0.25) is 0 Å². The van der Waals surface area contributed by atoms with Crippen molar-refractivity contribution in [1.82, 2.24) is 0 Å². The van der Waals surface area contributed by atoms with Gasteiger partial charge in [-0.1, -0.05) is 0 Å². The van der Waals surface area contributed by atoms with Crippen LogP contribution in [0.3, 0.4) is 0 Å². The van der Waals surface area contributed by atoms with Crippen LogP contribution in [0.25, 0.3) is 0 Å². The number of rotatable bonds is 8. The third-order valence-electron chi connectivity index (χ3n) is 3.54. The number of hydrogen-bond donors (Lipinski definition) is 0. The van der Waals surface area contributed by atoms with E-state index in [0.29, 0.717) is 12.3 Å². The molecule has 4 nitrogen and oxygen atoms in total. The third-order valence-corrected chi connectivity index (χ3v) is 3.54. The molecular weight excluding hydrogens is 232 g/mol. The molecule has 1 unspecified atom stereocenters. The van der Waals surface area contributed by atoms with E-state index in [9.17, 15) is 14.4 Å². The quantitative estimate of drug-likeness (QED) is 0.489. The van der Waals surface area contributed by atoms with Gasteiger partial charge >= 0.3 is 5.97 Å². The first kappa shape index (κ1) is 13.2. The molecule has 2 saturated carbocycles. The van der Waals surface area contributed by atoms with E-state index in [1.54, 1.807) is 6.92 Å². The van der Waals surface area contributed by atoms with Crippen LogP contribution >= 0.6 is 0 Å². The van der Waals surface area contributed by atoms with E-state index in [1.165, 1.54) is 0 Å². The summed E-state index contributed by atoms with van der Waals surface area (Å²) in [6.45, 7) is 1.96. The van der Waals surface area contributed by atoms with Crippen molar-refractivity contribution in [2.75, 3.05) is 6.61 Å². The highest BCUT2D eigenvalue weighted by molar-refractivity contribution is 6.04. The third kappa shape index (κ3) is 3.65. The smallest absolute Gasteiger partial charge is 0.316 e. The predicted molar refractivity (Wildman–Crippen MR) is 64.8 cm³/mol. The minimum atomic E-state index is -0.844. The summed E-state index contributed by atoms with van der Waals surface area (Å²) in [7, 11) is 0. The Kier molecular flexibility index (Phi) is 4.15. The second-order valence-electron chi connectivity index (χ2n) is 5.37. The van der Waals surface area contributed by atoms with E-state index in [1.807, 2.05) is 0 Å². The first-order valence-electron chi connectivity index (χ1n) is 6.83. The van der Waals surface area contributed by atoms with E-state index in [-0.39, 0.29) is 30.5 Å². The summed E-state index contributed by atoms with van der Waals surface area (Å²) in [6, 6.07) is 0. The zero-order valence-electron chi connectivity index (χ0n) is 10.8. The zero-order valence-corrected chi connectivity index (χ0v) is 10.8. The van der Waals surface area contributed by atoms with Gasteiger partial charge in [0.1, 0.15) is 11.7 Å². The molecule has 0 amide bonds. The van der Waals surface area contributed by atoms with Crippen LogP contribution in [-0.2, 0) is 19.1 Å². The molecule has 18 heavy (non-hydrogen) atoms. The fourth-order valence-corrected chi connectivity index (χ4v) is 2.15. The maximum Gasteiger partial charge on any atom is 0.316 e. The van der Waals surface area contributed by atoms with Gasteiger partial charge in [-0.25, -0.2) is 0 Å². The molecule has 100 valence electrons. The SMILES string of the molecule is CCOC(=O)C(CC(=O)CC1CC1)C(=O)C1CC1. The van der Waals surface area contributed by atoms with Crippen molar-refractivity contribution in [3.8, 4) is 0 Å². The van der Waals surface area contributed by atoms with Gasteiger partial charge in [0.25, 0.3) is 0 Å². The summed E-state index contributed by atoms with van der Waals surface area (Å²) in [5.41, 5.74) is 0. The maximum absolute atomic E-state index is 12.0. The van der Waals surface area contributed by atoms with Crippen molar-refractivity contribution in [3.63, 3.8) is 0 Å². The van der Waals surface area contributed by atoms with Crippen molar-refractivity contribution >= 4 is 17.5 Å². The zero-order chi connectivity index (χ0) is 13.1. The topological polar surface area (TPSA) is 60.4 Å². The normalized spacial score (nSPS) is 20.3. The van der Waals surface area contributed by atoms with E-state index in [2.05, 4.69) is 0 Å². The minimum Gasteiger partial charge on any atom is -0.465 e. The average Bonchev–Trinajstić information content (AvgIpc) is 3.16. The van der Waals surface area contributed by atoms with Gasteiger partial charge in [0, 0.05) is 18.8 Å². The van der Waals surface area contributed by atoms with E-state index < -0.39 is 11.9 Å². The lowest BCUT2D eigenvalue weighted by atomic mass is 9.93. The first-order chi connectivity index (χ1) is 8.61. The van der Waals surface area contributed by atoms with Gasteiger partial charge < -0.3 is 4.74 Å². The number of hydrogen-bond acceptors (Lipinski definition) is 4. The highest BCUT2D eigenvalue weighted by atomic mass is 16.5. The first-order valence-corrected chi connectivity index (χ1v) is 6.83. The minimum absolute atomic E-state index is 0.00636. The van der Waals surface area contributed by atoms with Gasteiger partial charge in [0.15, 0.2) is 5.78 Å². The Morgan fingerprint density at radius 2 is 1.83 bits per heavy atom. The standard InChI is InChI=1S/C14H20O4/c1-2-18-14(17)12(13(16)10-5-6-10)8-11(15)7-9-3-4-9/h9-10,12H,2-8H2,1H3. The van der Waals surface area contributed by atoms with E-state index in [0.717, 1.165) is 25.7 Å². The molecule has 2 aliphatic rings. The molecule has 0 aromatic heterocycles. The van der Waals surface area contributed by atoms with Crippen LogP contribution in [-0.4, -0.2) is 24.1 Å². The van der Waals surface area contributed by atoms with Crippen molar-refractivity contribution in [2.24, 2.45) is 17.8 Å². The second kappa shape index (κ2) is 5.63. The molecule has 0 N–H and O–H groups in total. The van der Waals surface area contributed by atoms with Crippen LogP contribution in [0, 0.1) is 17.8 Å². The fraction of sp³-hybridized carbons (Fsp3) is 0.786. The lowest BCUT2D eigenvalue weighted by molar-refractivity contribution is -0.153. The molecule has 0 radical (unpaired) electrons. The largest absolute Gasteiger partial charge is 0.465 e. The van der Waals surface area contributed by atoms with E-state index in [4.69, 9.17) is 4.74 Å². The Balaban J connectivity index is 1.91. The molecule has 2 fully saturated rings. The van der Waals surface area contributed by atoms with Gasteiger partial charge in [-0.15, -0.1) is 0 Å². The van der Waals surface area contributed by atoms with Crippen LogP contribution in [0.1, 0.15) is 45.4 Å². The average molecular weight is 252 g/mol. The van der Waals surface area contributed by atoms with Gasteiger partial charge in [-0.2, -0.15) is 0 Å². The number of ketones is 2. The van der Waals surface area contributed by atoms with Crippen LogP contribution < -0.4 is 0 Å². The Hall–Kier alpha value is -1.19. The number of ether oxygens (including phenoxy) is 1. The van der Waals surface area contributed by atoms with E-state index >= 15 is 0 Å². The van der Waals surface area contributed by atoms with Crippen molar-refractivity contribution in [2.45, 2.75) is 45.4 Å². The van der Waals surface area contributed by atoms with Crippen LogP contribution in [0.5, 0.6) is 0 Å². The summed E-state index contributed by atoms with van der Waals surface area (Å²) < 4.78 is 4.91. The molecule has 4 heteroatoms. The lowest BCUT2D eigenvalue weighted by Crippen LogP contribution is -2.29. The molecule has 0 bridgehead atoms. The number of Topliss-reactive ketones (excluding diaryl/α,β-unsaturated/α-hetero) is 2. The Morgan fingerprint density at radius 3 is 2.33 bits per heavy atom. The molecule has 0 spiro atoms. The van der Waals surface area contributed by atoms with Crippen molar-refractivity contribution in [3.05, 3.63) is 0 Å². The molecule has 1 atom stereocenters. The molecule has 2 aliphatic carbocycles. The van der Waals surface area contributed by atoms with Gasteiger partial charge in [0.2, 0.25) is 0 Å². The van der Waals surface area contributed by atoms with Gasteiger partial charge in [-0.05, 0) is 38.5 Å². The molecule has 0 saturated heterocycles. The number of carbonyl (C=O) groups excluding carboxylic acids is 3. The summed E-state index contributed by atoms with van der Waals surface area (Å²) in [5.74, 6) is -0.922. The van der Waals surface area contributed by atoms with Crippen molar-refractivity contribution < 1.29 is 19.1 Å². The Morgan fingerprint density at radius 1 is 1.17 bits per heavy atom. The summed E-state index contributed by atoms with van der Waals surface area (Å²) in [4.78, 5) is 35.6. The molecule has 0 aromatic carbocycles. The second-order valence-corrected chi connectivity index (χ2v) is 5.37. The fourth-order valence-electron chi connectivity index (χ4n) is 2.15. The summed E-state index contributed by atoms with van der Waals surface area (Å²) in [5, 5.41) is 0. The molecule has 2 rings (SSSR count). The van der Waals surface area contributed by atoms with Gasteiger partial charge in [-0.3, -0.25) is 14.4 Å². The van der Waals surface area contributed by atoms with Crippen LogP contribution in [0.15, 0.2) is 0 Å². The summed E-state index contributed by atoms with van der Waals surface area (Å²) in [6.07, 6.45) is 4.48. The highest BCUT2D eigenvalue weighted by Gasteiger charge is 2.40. The van der Waals surface area contributed by atoms with Gasteiger partial charge in [0.05, 0.1) is 6.61 Å². The highest BCUT2D eigenvalue weighted by Crippen LogP contribution is 2.36. The van der Waals surface area contributed by atoms with Crippen molar-refractivity contribution in [1.29, 1.82) is 0 Å². The number of carbonyl (C=O) groups is 3. The number of esters is 1. The molecular formula is C14H20O4. The lowest BCUT2D eigenvalue weighted by Gasteiger charge is -2.13. The van der Waals surface area contributed by atoms with Crippen LogP contribution in [0.4, 0.5) is 0 Å². The monoisotopic (exact) mass is 252 g/mol. The maximum atomic E-state index is 12.0. The Labute approximate surface area is 107 Å². The Bertz CT molecular complexity index is 353. The molecule has 0 heterocycles. The summed E-state index contributed by atoms with van der Waals surface area (Å²) >= 11 is 0.